The number of hydrogen-bond acceptors (Lipinski definition) is 4. The zero-order chi connectivity index (χ0) is 21.3. The number of anilines is 2. The van der Waals surface area contributed by atoms with Crippen molar-refractivity contribution in [3.63, 3.8) is 0 Å². The van der Waals surface area contributed by atoms with E-state index >= 15 is 0 Å². The molecule has 2 aromatic rings. The van der Waals surface area contributed by atoms with Gasteiger partial charge < -0.3 is 20.3 Å². The van der Waals surface area contributed by atoms with Crippen LogP contribution in [0.2, 0.25) is 0 Å². The number of carbonyl (C=O) groups excluding carboxylic acids is 1. The Balaban J connectivity index is 1.50. The molecule has 0 aliphatic carbocycles. The number of ether oxygens (including phenoxy) is 1. The van der Waals surface area contributed by atoms with Crippen LogP contribution in [-0.2, 0) is 0 Å². The van der Waals surface area contributed by atoms with E-state index in [0.717, 1.165) is 31.1 Å². The lowest BCUT2D eigenvalue weighted by Crippen LogP contribution is -2.33. The summed E-state index contributed by atoms with van der Waals surface area (Å²) in [5.41, 5.74) is 2.64. The predicted octanol–water partition coefficient (Wildman–Crippen LogP) is 4.94. The van der Waals surface area contributed by atoms with E-state index in [1.165, 1.54) is 24.9 Å². The summed E-state index contributed by atoms with van der Waals surface area (Å²) in [5.74, 6) is 1.15. The van der Waals surface area contributed by atoms with Gasteiger partial charge in [-0.05, 0) is 73.8 Å². The fourth-order valence-electron chi connectivity index (χ4n) is 3.57. The van der Waals surface area contributed by atoms with Gasteiger partial charge in [-0.1, -0.05) is 27.2 Å². The van der Waals surface area contributed by atoms with Crippen LogP contribution in [0.25, 0.3) is 0 Å². The SMILES string of the molecule is CCCCNC1CCN(c2ccc(NC(=O)c3ccc(OCC(C)C)cc3)cc2)C1. The van der Waals surface area contributed by atoms with E-state index in [0.29, 0.717) is 24.1 Å². The number of carbonyl (C=O) groups is 1. The van der Waals surface area contributed by atoms with Gasteiger partial charge in [-0.25, -0.2) is 0 Å². The van der Waals surface area contributed by atoms with Crippen molar-refractivity contribution in [2.24, 2.45) is 5.92 Å². The number of benzene rings is 2. The van der Waals surface area contributed by atoms with Crippen LogP contribution in [0, 0.1) is 5.92 Å². The average molecular weight is 410 g/mol. The summed E-state index contributed by atoms with van der Waals surface area (Å²) < 4.78 is 5.68. The van der Waals surface area contributed by atoms with Crippen LogP contribution in [0.3, 0.4) is 0 Å². The van der Waals surface area contributed by atoms with E-state index in [1.54, 1.807) is 12.1 Å². The number of nitrogens with one attached hydrogen (secondary N) is 2. The Kier molecular flexibility index (Phi) is 8.14. The maximum Gasteiger partial charge on any atom is 0.255 e. The molecule has 1 aliphatic rings. The molecule has 30 heavy (non-hydrogen) atoms. The first-order valence-electron chi connectivity index (χ1n) is 11.2. The Hall–Kier alpha value is -2.53. The van der Waals surface area contributed by atoms with E-state index < -0.39 is 0 Å². The molecule has 2 aromatic carbocycles. The van der Waals surface area contributed by atoms with Crippen LogP contribution >= 0.6 is 0 Å². The van der Waals surface area contributed by atoms with Crippen LogP contribution in [0.1, 0.15) is 50.4 Å². The first-order chi connectivity index (χ1) is 14.5. The topological polar surface area (TPSA) is 53.6 Å². The first kappa shape index (κ1) is 22.2. The van der Waals surface area contributed by atoms with Crippen molar-refractivity contribution in [3.8, 4) is 5.75 Å². The number of rotatable bonds is 10. The third-order valence-electron chi connectivity index (χ3n) is 5.34. The lowest BCUT2D eigenvalue weighted by molar-refractivity contribution is 0.102. The zero-order valence-corrected chi connectivity index (χ0v) is 18.5. The molecule has 0 aromatic heterocycles. The van der Waals surface area contributed by atoms with Crippen LogP contribution in [0.4, 0.5) is 11.4 Å². The van der Waals surface area contributed by atoms with E-state index in [4.69, 9.17) is 4.74 Å². The summed E-state index contributed by atoms with van der Waals surface area (Å²) in [6, 6.07) is 16.0. The Labute approximate surface area is 180 Å². The van der Waals surface area contributed by atoms with E-state index in [9.17, 15) is 4.79 Å². The highest BCUT2D eigenvalue weighted by Gasteiger charge is 2.21. The van der Waals surface area contributed by atoms with Crippen LogP contribution < -0.4 is 20.3 Å². The molecule has 3 rings (SSSR count). The first-order valence-corrected chi connectivity index (χ1v) is 11.2. The van der Waals surface area contributed by atoms with Crippen molar-refractivity contribution in [2.75, 3.05) is 36.5 Å². The Morgan fingerprint density at radius 1 is 1.13 bits per heavy atom. The molecule has 0 saturated carbocycles. The lowest BCUT2D eigenvalue weighted by Gasteiger charge is -2.19. The molecule has 1 saturated heterocycles. The molecule has 1 amide bonds. The van der Waals surface area contributed by atoms with Gasteiger partial charge in [-0.15, -0.1) is 0 Å². The van der Waals surface area contributed by atoms with Gasteiger partial charge in [0.05, 0.1) is 6.61 Å². The third kappa shape index (κ3) is 6.49. The Bertz CT molecular complexity index is 787. The van der Waals surface area contributed by atoms with Crippen molar-refractivity contribution >= 4 is 17.3 Å². The fourth-order valence-corrected chi connectivity index (χ4v) is 3.57. The molecule has 162 valence electrons. The quantitative estimate of drug-likeness (QED) is 0.546. The average Bonchev–Trinajstić information content (AvgIpc) is 3.22. The minimum Gasteiger partial charge on any atom is -0.493 e. The van der Waals surface area contributed by atoms with Crippen molar-refractivity contribution < 1.29 is 9.53 Å². The summed E-state index contributed by atoms with van der Waals surface area (Å²) in [6.45, 7) is 10.3. The second-order valence-electron chi connectivity index (χ2n) is 8.47. The molecular weight excluding hydrogens is 374 g/mol. The molecule has 0 radical (unpaired) electrons. The minimum absolute atomic E-state index is 0.112. The fraction of sp³-hybridized carbons (Fsp3) is 0.480. The molecule has 1 atom stereocenters. The number of hydrogen-bond donors (Lipinski definition) is 2. The normalized spacial score (nSPS) is 16.1. The van der Waals surface area contributed by atoms with Gasteiger partial charge in [0.15, 0.2) is 0 Å². The molecule has 1 fully saturated rings. The van der Waals surface area contributed by atoms with Gasteiger partial charge in [-0.2, -0.15) is 0 Å². The van der Waals surface area contributed by atoms with Gasteiger partial charge >= 0.3 is 0 Å². The van der Waals surface area contributed by atoms with Crippen LogP contribution in [0.15, 0.2) is 48.5 Å². The molecule has 5 heteroatoms. The molecule has 0 spiro atoms. The molecule has 1 aliphatic heterocycles. The summed E-state index contributed by atoms with van der Waals surface area (Å²) in [4.78, 5) is 14.9. The van der Waals surface area contributed by atoms with Gasteiger partial charge in [0.25, 0.3) is 5.91 Å². The van der Waals surface area contributed by atoms with Crippen molar-refractivity contribution in [3.05, 3.63) is 54.1 Å². The molecule has 0 bridgehead atoms. The van der Waals surface area contributed by atoms with Gasteiger partial charge in [0, 0.05) is 36.1 Å². The van der Waals surface area contributed by atoms with Gasteiger partial charge in [0.1, 0.15) is 5.75 Å². The number of nitrogens with zero attached hydrogens (tertiary/aromatic N) is 1. The largest absolute Gasteiger partial charge is 0.493 e. The standard InChI is InChI=1S/C25H35N3O2/c1-4-5-15-26-22-14-16-28(17-22)23-10-8-21(9-11-23)27-25(29)20-6-12-24(13-7-20)30-18-19(2)3/h6-13,19,22,26H,4-5,14-18H2,1-3H3,(H,27,29). The maximum absolute atomic E-state index is 12.5. The van der Waals surface area contributed by atoms with Crippen LogP contribution in [0.5, 0.6) is 5.75 Å². The highest BCUT2D eigenvalue weighted by atomic mass is 16.5. The second kappa shape index (κ2) is 11.0. The summed E-state index contributed by atoms with van der Waals surface area (Å²) in [5, 5.41) is 6.63. The van der Waals surface area contributed by atoms with Crippen LogP contribution in [-0.4, -0.2) is 38.2 Å². The van der Waals surface area contributed by atoms with Gasteiger partial charge in [-0.3, -0.25) is 4.79 Å². The van der Waals surface area contributed by atoms with E-state index in [2.05, 4.69) is 48.4 Å². The lowest BCUT2D eigenvalue weighted by atomic mass is 10.2. The molecular formula is C25H35N3O2. The third-order valence-corrected chi connectivity index (χ3v) is 5.34. The zero-order valence-electron chi connectivity index (χ0n) is 18.5. The summed E-state index contributed by atoms with van der Waals surface area (Å²) in [6.07, 6.45) is 3.64. The smallest absolute Gasteiger partial charge is 0.255 e. The molecule has 1 heterocycles. The van der Waals surface area contributed by atoms with Crippen molar-refractivity contribution in [1.82, 2.24) is 5.32 Å². The summed E-state index contributed by atoms with van der Waals surface area (Å²) in [7, 11) is 0. The molecule has 5 nitrogen and oxygen atoms in total. The molecule has 2 N–H and O–H groups in total. The molecule has 1 unspecified atom stereocenters. The summed E-state index contributed by atoms with van der Waals surface area (Å²) >= 11 is 0. The van der Waals surface area contributed by atoms with E-state index in [1.807, 2.05) is 24.3 Å². The number of amides is 1. The highest BCUT2D eigenvalue weighted by molar-refractivity contribution is 6.04. The predicted molar refractivity (Wildman–Crippen MR) is 125 cm³/mol. The number of unbranched alkanes of at least 4 members (excludes halogenated alkanes) is 1. The monoisotopic (exact) mass is 409 g/mol. The van der Waals surface area contributed by atoms with Gasteiger partial charge in [0.2, 0.25) is 0 Å². The van der Waals surface area contributed by atoms with Crippen molar-refractivity contribution in [2.45, 2.75) is 46.1 Å². The van der Waals surface area contributed by atoms with Crippen molar-refractivity contribution in [1.29, 1.82) is 0 Å². The second-order valence-corrected chi connectivity index (χ2v) is 8.47. The Morgan fingerprint density at radius 3 is 2.53 bits per heavy atom. The maximum atomic E-state index is 12.5. The minimum atomic E-state index is -0.112. The highest BCUT2D eigenvalue weighted by Crippen LogP contribution is 2.23. The Morgan fingerprint density at radius 2 is 1.87 bits per heavy atom. The van der Waals surface area contributed by atoms with E-state index in [-0.39, 0.29) is 5.91 Å².